The predicted octanol–water partition coefficient (Wildman–Crippen LogP) is 4.24. The summed E-state index contributed by atoms with van der Waals surface area (Å²) in [5, 5.41) is 5.82. The van der Waals surface area contributed by atoms with E-state index >= 15 is 0 Å². The van der Waals surface area contributed by atoms with Crippen molar-refractivity contribution in [1.82, 2.24) is 10.4 Å². The van der Waals surface area contributed by atoms with Crippen molar-refractivity contribution < 1.29 is 4.79 Å². The van der Waals surface area contributed by atoms with Crippen LogP contribution in [-0.2, 0) is 0 Å². The van der Waals surface area contributed by atoms with Crippen molar-refractivity contribution in [3.05, 3.63) is 69.8 Å². The van der Waals surface area contributed by atoms with Gasteiger partial charge in [-0.1, -0.05) is 41.4 Å². The first kappa shape index (κ1) is 14.6. The van der Waals surface area contributed by atoms with Gasteiger partial charge in [0.25, 0.3) is 5.91 Å². The molecule has 0 saturated carbocycles. The summed E-state index contributed by atoms with van der Waals surface area (Å²) in [7, 11) is 0. The number of benzene rings is 2. The Morgan fingerprint density at radius 1 is 1.14 bits per heavy atom. The zero-order chi connectivity index (χ0) is 15.5. The first-order chi connectivity index (χ1) is 10.6. The molecule has 0 atom stereocenters. The van der Waals surface area contributed by atoms with Gasteiger partial charge in [0, 0.05) is 11.6 Å². The lowest BCUT2D eigenvalue weighted by molar-refractivity contribution is 0.0956. The van der Waals surface area contributed by atoms with Crippen LogP contribution >= 0.6 is 23.2 Å². The molecule has 6 heteroatoms. The molecule has 2 N–H and O–H groups in total. The number of halogens is 2. The number of fused-ring (bicyclic) bond motifs is 1. The van der Waals surface area contributed by atoms with Gasteiger partial charge in [0.1, 0.15) is 0 Å². The fourth-order valence-corrected chi connectivity index (χ4v) is 2.40. The van der Waals surface area contributed by atoms with Crippen LogP contribution in [0.25, 0.3) is 10.9 Å². The van der Waals surface area contributed by atoms with Crippen LogP contribution in [0.2, 0.25) is 10.0 Å². The monoisotopic (exact) mass is 331 g/mol. The van der Waals surface area contributed by atoms with Crippen molar-refractivity contribution >= 4 is 46.2 Å². The first-order valence-electron chi connectivity index (χ1n) is 6.50. The number of aromatic amines is 1. The van der Waals surface area contributed by atoms with Gasteiger partial charge < -0.3 is 4.98 Å². The average Bonchev–Trinajstić information content (AvgIpc) is 2.99. The largest absolute Gasteiger partial charge is 0.361 e. The van der Waals surface area contributed by atoms with E-state index in [0.29, 0.717) is 15.6 Å². The summed E-state index contributed by atoms with van der Waals surface area (Å²) in [5.41, 5.74) is 4.56. The summed E-state index contributed by atoms with van der Waals surface area (Å²) < 4.78 is 0. The maximum Gasteiger partial charge on any atom is 0.273 e. The van der Waals surface area contributed by atoms with E-state index < -0.39 is 0 Å². The van der Waals surface area contributed by atoms with Crippen LogP contribution in [0.1, 0.15) is 15.9 Å². The van der Waals surface area contributed by atoms with Gasteiger partial charge in [-0.3, -0.25) is 4.79 Å². The van der Waals surface area contributed by atoms with E-state index in [9.17, 15) is 4.79 Å². The molecular weight excluding hydrogens is 321 g/mol. The number of rotatable bonds is 3. The molecule has 3 rings (SSSR count). The number of hydrogen-bond donors (Lipinski definition) is 2. The van der Waals surface area contributed by atoms with Crippen molar-refractivity contribution in [2.24, 2.45) is 5.10 Å². The number of aromatic nitrogens is 1. The lowest BCUT2D eigenvalue weighted by Crippen LogP contribution is -2.17. The zero-order valence-electron chi connectivity index (χ0n) is 11.3. The normalized spacial score (nSPS) is 11.2. The third-order valence-electron chi connectivity index (χ3n) is 3.16. The number of nitrogens with zero attached hydrogens (tertiary/aromatic N) is 1. The molecule has 1 amide bonds. The minimum absolute atomic E-state index is 0.288. The Labute approximate surface area is 136 Å². The summed E-state index contributed by atoms with van der Waals surface area (Å²) in [5.74, 6) is -0.288. The molecule has 3 aromatic rings. The maximum atomic E-state index is 12.2. The Kier molecular flexibility index (Phi) is 4.13. The van der Waals surface area contributed by atoms with Gasteiger partial charge in [0.2, 0.25) is 0 Å². The van der Waals surface area contributed by atoms with Crippen LogP contribution in [0.5, 0.6) is 0 Å². The third kappa shape index (κ3) is 2.98. The molecule has 0 aliphatic carbocycles. The Morgan fingerprint density at radius 2 is 2.00 bits per heavy atom. The summed E-state index contributed by atoms with van der Waals surface area (Å²) in [6, 6.07) is 12.5. The number of hydrogen-bond acceptors (Lipinski definition) is 2. The van der Waals surface area contributed by atoms with Crippen LogP contribution in [0.15, 0.2) is 53.8 Å². The van der Waals surface area contributed by atoms with Gasteiger partial charge in [-0.05, 0) is 29.8 Å². The Hall–Kier alpha value is -2.30. The highest BCUT2D eigenvalue weighted by Crippen LogP contribution is 2.21. The molecule has 2 aromatic carbocycles. The van der Waals surface area contributed by atoms with Crippen LogP contribution in [0.4, 0.5) is 0 Å². The van der Waals surface area contributed by atoms with Crippen LogP contribution in [0, 0.1) is 0 Å². The molecule has 0 spiro atoms. The molecular formula is C16H11Cl2N3O. The number of para-hydroxylation sites is 1. The minimum Gasteiger partial charge on any atom is -0.361 e. The number of H-pyrrole nitrogens is 1. The molecule has 0 radical (unpaired) electrons. The van der Waals surface area contributed by atoms with Crippen LogP contribution in [0.3, 0.4) is 0 Å². The van der Waals surface area contributed by atoms with Gasteiger partial charge in [0.15, 0.2) is 0 Å². The second-order valence-corrected chi connectivity index (χ2v) is 5.43. The summed E-state index contributed by atoms with van der Waals surface area (Å²) in [6.45, 7) is 0. The molecule has 0 aliphatic heterocycles. The fourth-order valence-electron chi connectivity index (χ4n) is 2.09. The van der Waals surface area contributed by atoms with Crippen molar-refractivity contribution in [1.29, 1.82) is 0 Å². The van der Waals surface area contributed by atoms with E-state index in [2.05, 4.69) is 15.5 Å². The molecule has 4 nitrogen and oxygen atoms in total. The Bertz CT molecular complexity index is 871. The van der Waals surface area contributed by atoms with Crippen molar-refractivity contribution in [3.8, 4) is 0 Å². The van der Waals surface area contributed by atoms with E-state index in [0.717, 1.165) is 16.5 Å². The molecule has 1 heterocycles. The SMILES string of the molecule is O=C(N/N=C/c1ccc(Cl)c(Cl)c1)c1cccc2cc[nH]c12. The number of hydrazone groups is 1. The molecule has 0 unspecified atom stereocenters. The number of amides is 1. The van der Waals surface area contributed by atoms with E-state index in [-0.39, 0.29) is 5.91 Å². The van der Waals surface area contributed by atoms with Gasteiger partial charge in [-0.2, -0.15) is 5.10 Å². The molecule has 0 aliphatic rings. The van der Waals surface area contributed by atoms with Crippen molar-refractivity contribution in [2.75, 3.05) is 0 Å². The average molecular weight is 332 g/mol. The third-order valence-corrected chi connectivity index (χ3v) is 3.89. The fraction of sp³-hybridized carbons (Fsp3) is 0. The highest BCUT2D eigenvalue weighted by Gasteiger charge is 2.09. The van der Waals surface area contributed by atoms with E-state index in [4.69, 9.17) is 23.2 Å². The molecule has 22 heavy (non-hydrogen) atoms. The smallest absolute Gasteiger partial charge is 0.273 e. The number of carbonyl (C=O) groups is 1. The second kappa shape index (κ2) is 6.22. The number of carbonyl (C=O) groups excluding carboxylic acids is 1. The minimum atomic E-state index is -0.288. The molecule has 0 fully saturated rings. The van der Waals surface area contributed by atoms with E-state index in [1.807, 2.05) is 18.2 Å². The Morgan fingerprint density at radius 3 is 2.82 bits per heavy atom. The lowest BCUT2D eigenvalue weighted by atomic mass is 10.1. The summed E-state index contributed by atoms with van der Waals surface area (Å²) >= 11 is 11.8. The summed E-state index contributed by atoms with van der Waals surface area (Å²) in [4.78, 5) is 15.2. The number of nitrogens with one attached hydrogen (secondary N) is 2. The first-order valence-corrected chi connectivity index (χ1v) is 7.25. The molecule has 0 bridgehead atoms. The maximum absolute atomic E-state index is 12.2. The van der Waals surface area contributed by atoms with Crippen molar-refractivity contribution in [2.45, 2.75) is 0 Å². The highest BCUT2D eigenvalue weighted by atomic mass is 35.5. The molecule has 1 aromatic heterocycles. The predicted molar refractivity (Wildman–Crippen MR) is 89.8 cm³/mol. The van der Waals surface area contributed by atoms with Crippen LogP contribution in [-0.4, -0.2) is 17.1 Å². The second-order valence-electron chi connectivity index (χ2n) is 4.62. The van der Waals surface area contributed by atoms with E-state index in [1.165, 1.54) is 6.21 Å². The zero-order valence-corrected chi connectivity index (χ0v) is 12.8. The van der Waals surface area contributed by atoms with Gasteiger partial charge in [-0.15, -0.1) is 0 Å². The quantitative estimate of drug-likeness (QED) is 0.547. The molecule has 0 saturated heterocycles. The Balaban J connectivity index is 1.76. The molecule has 110 valence electrons. The topological polar surface area (TPSA) is 57.2 Å². The van der Waals surface area contributed by atoms with Crippen LogP contribution < -0.4 is 5.43 Å². The van der Waals surface area contributed by atoms with E-state index in [1.54, 1.807) is 30.5 Å². The van der Waals surface area contributed by atoms with Gasteiger partial charge in [0.05, 0.1) is 27.3 Å². The van der Waals surface area contributed by atoms with Gasteiger partial charge >= 0.3 is 0 Å². The van der Waals surface area contributed by atoms with Gasteiger partial charge in [-0.25, -0.2) is 5.43 Å². The lowest BCUT2D eigenvalue weighted by Gasteiger charge is -2.02. The summed E-state index contributed by atoms with van der Waals surface area (Å²) in [6.07, 6.45) is 3.30. The highest BCUT2D eigenvalue weighted by molar-refractivity contribution is 6.42. The standard InChI is InChI=1S/C16H11Cl2N3O/c17-13-5-4-10(8-14(13)18)9-20-21-16(22)12-3-1-2-11-6-7-19-15(11)12/h1-9,19H,(H,21,22)/b20-9+. The van der Waals surface area contributed by atoms with Crippen molar-refractivity contribution in [3.63, 3.8) is 0 Å².